The lowest BCUT2D eigenvalue weighted by molar-refractivity contribution is -0.165. The molecule has 1 aliphatic rings. The quantitative estimate of drug-likeness (QED) is 0.309. The molecule has 4 N–H and O–H groups in total. The van der Waals surface area contributed by atoms with E-state index in [1.165, 1.54) is 48.5 Å². The van der Waals surface area contributed by atoms with Gasteiger partial charge in [0, 0.05) is 0 Å². The van der Waals surface area contributed by atoms with Crippen LogP contribution in [0.1, 0.15) is 41.5 Å². The van der Waals surface area contributed by atoms with Gasteiger partial charge in [-0.15, -0.1) is 0 Å². The van der Waals surface area contributed by atoms with Gasteiger partial charge >= 0.3 is 23.9 Å². The largest absolute Gasteiger partial charge is 0.488 e. The summed E-state index contributed by atoms with van der Waals surface area (Å²) in [7, 11) is 0. The molecule has 1 aliphatic carbocycles. The zero-order chi connectivity index (χ0) is 31.6. The molecule has 0 spiro atoms. The molecule has 42 heavy (non-hydrogen) atoms. The molecule has 2 aromatic rings. The van der Waals surface area contributed by atoms with Crippen LogP contribution in [0.5, 0.6) is 23.0 Å². The Kier molecular flexibility index (Phi) is 8.61. The third-order valence-corrected chi connectivity index (χ3v) is 5.60. The van der Waals surface area contributed by atoms with Gasteiger partial charge in [-0.2, -0.15) is 0 Å². The van der Waals surface area contributed by atoms with Gasteiger partial charge in [0.1, 0.15) is 45.5 Å². The van der Waals surface area contributed by atoms with Crippen LogP contribution >= 0.6 is 0 Å². The van der Waals surface area contributed by atoms with Crippen molar-refractivity contribution in [1.29, 1.82) is 0 Å². The van der Waals surface area contributed by atoms with E-state index in [4.69, 9.17) is 18.9 Å². The van der Waals surface area contributed by atoms with Crippen molar-refractivity contribution in [1.82, 2.24) is 0 Å². The average Bonchev–Trinajstić information content (AvgIpc) is 2.83. The van der Waals surface area contributed by atoms with E-state index in [0.717, 1.165) is 0 Å². The predicted octanol–water partition coefficient (Wildman–Crippen LogP) is 4.39. The van der Waals surface area contributed by atoms with E-state index >= 15 is 0 Å². The second kappa shape index (κ2) is 11.5. The molecule has 0 saturated carbocycles. The summed E-state index contributed by atoms with van der Waals surface area (Å²) in [6, 6.07) is 11.1. The zero-order valence-corrected chi connectivity index (χ0v) is 23.8. The molecule has 0 radical (unpaired) electrons. The lowest BCUT2D eigenvalue weighted by Crippen LogP contribution is -2.56. The molecule has 0 amide bonds. The maximum atomic E-state index is 12.8. The molecule has 0 saturated heterocycles. The van der Waals surface area contributed by atoms with Crippen LogP contribution in [0.2, 0.25) is 0 Å². The first-order valence-electron chi connectivity index (χ1n) is 12.7. The second-order valence-electron chi connectivity index (χ2n) is 11.4. The second-order valence-corrected chi connectivity index (χ2v) is 11.4. The summed E-state index contributed by atoms with van der Waals surface area (Å²) in [5, 5.41) is 40.4. The van der Waals surface area contributed by atoms with Crippen molar-refractivity contribution in [3.63, 3.8) is 0 Å². The Labute approximate surface area is 241 Å². The fourth-order valence-electron chi connectivity index (χ4n) is 4.13. The van der Waals surface area contributed by atoms with E-state index in [2.05, 4.69) is 0 Å². The number of aliphatic carboxylic acids is 4. The number of carboxylic acids is 4. The van der Waals surface area contributed by atoms with Crippen LogP contribution in [0.4, 0.5) is 0 Å². The number of rotatable bonds is 10. The molecule has 0 bridgehead atoms. The average molecular weight is 585 g/mol. The van der Waals surface area contributed by atoms with E-state index in [0.29, 0.717) is 17.6 Å². The van der Waals surface area contributed by atoms with E-state index in [1.807, 2.05) is 41.5 Å². The molecule has 2 unspecified atom stereocenters. The van der Waals surface area contributed by atoms with Crippen molar-refractivity contribution in [2.75, 3.05) is 0 Å². The van der Waals surface area contributed by atoms with Crippen molar-refractivity contribution in [3.05, 3.63) is 71.5 Å². The number of hydrogen-bond acceptors (Lipinski definition) is 8. The van der Waals surface area contributed by atoms with E-state index in [-0.39, 0.29) is 11.5 Å². The van der Waals surface area contributed by atoms with Gasteiger partial charge in [0.05, 0.1) is 5.57 Å². The summed E-state index contributed by atoms with van der Waals surface area (Å²) < 4.78 is 22.9. The number of hydrogen-bond donors (Lipinski definition) is 4. The van der Waals surface area contributed by atoms with Gasteiger partial charge in [-0.05, 0) is 96.1 Å². The predicted molar refractivity (Wildman–Crippen MR) is 147 cm³/mol. The number of carboxylic acid groups (broad SMARTS) is 4. The molecule has 0 aliphatic heterocycles. The van der Waals surface area contributed by atoms with Crippen LogP contribution in [0, 0.1) is 5.92 Å². The number of benzene rings is 2. The highest BCUT2D eigenvalue weighted by Gasteiger charge is 2.59. The van der Waals surface area contributed by atoms with Crippen molar-refractivity contribution in [2.45, 2.75) is 58.3 Å². The Morgan fingerprint density at radius 1 is 0.667 bits per heavy atom. The Morgan fingerprint density at radius 3 is 1.45 bits per heavy atom. The highest BCUT2D eigenvalue weighted by Crippen LogP contribution is 2.42. The first kappa shape index (κ1) is 31.5. The van der Waals surface area contributed by atoms with Crippen LogP contribution in [-0.4, -0.2) is 61.1 Å². The number of ether oxygens (including phenoxy) is 4. The summed E-state index contributed by atoms with van der Waals surface area (Å²) in [5.74, 6) is -10.2. The summed E-state index contributed by atoms with van der Waals surface area (Å²) >= 11 is 0. The van der Waals surface area contributed by atoms with Crippen molar-refractivity contribution in [2.24, 2.45) is 5.92 Å². The Hall–Kier alpha value is -5.00. The Morgan fingerprint density at radius 2 is 1.10 bits per heavy atom. The van der Waals surface area contributed by atoms with Crippen molar-refractivity contribution >= 4 is 23.9 Å². The molecule has 2 atom stereocenters. The zero-order valence-electron chi connectivity index (χ0n) is 23.8. The van der Waals surface area contributed by atoms with Gasteiger partial charge in [-0.25, -0.2) is 14.4 Å². The van der Waals surface area contributed by atoms with Gasteiger partial charge < -0.3 is 39.4 Å². The summed E-state index contributed by atoms with van der Waals surface area (Å²) in [4.78, 5) is 49.9. The lowest BCUT2D eigenvalue weighted by atomic mass is 9.76. The monoisotopic (exact) mass is 584 g/mol. The maximum absolute atomic E-state index is 12.8. The molecular formula is C30H32O12. The summed E-state index contributed by atoms with van der Waals surface area (Å²) in [6.07, 6.45) is 0.465. The van der Waals surface area contributed by atoms with Gasteiger partial charge in [-0.1, -0.05) is 0 Å². The number of carbonyl (C=O) groups is 4. The topological polar surface area (TPSA) is 186 Å². The van der Waals surface area contributed by atoms with Gasteiger partial charge in [0.25, 0.3) is 0 Å². The van der Waals surface area contributed by atoms with Gasteiger partial charge in [0.15, 0.2) is 5.92 Å². The van der Waals surface area contributed by atoms with E-state index in [9.17, 15) is 39.6 Å². The molecule has 0 heterocycles. The normalized spacial score (nSPS) is 18.9. The molecule has 0 fully saturated rings. The maximum Gasteiger partial charge on any atom is 0.353 e. The first-order valence-corrected chi connectivity index (χ1v) is 12.7. The highest BCUT2D eigenvalue weighted by atomic mass is 16.5. The van der Waals surface area contributed by atoms with Crippen LogP contribution in [0.3, 0.4) is 0 Å². The van der Waals surface area contributed by atoms with Gasteiger partial charge in [-0.3, -0.25) is 4.79 Å². The summed E-state index contributed by atoms with van der Waals surface area (Å²) in [6.45, 7) is 10.9. The van der Waals surface area contributed by atoms with Crippen molar-refractivity contribution < 1.29 is 58.6 Å². The van der Waals surface area contributed by atoms with Crippen LogP contribution in [-0.2, 0) is 19.2 Å². The molecule has 224 valence electrons. The summed E-state index contributed by atoms with van der Waals surface area (Å²) in [5.41, 5.74) is -6.11. The van der Waals surface area contributed by atoms with Crippen molar-refractivity contribution in [3.8, 4) is 23.0 Å². The molecule has 0 aromatic heterocycles. The Bertz CT molecular complexity index is 1440. The highest BCUT2D eigenvalue weighted by molar-refractivity contribution is 6.09. The third kappa shape index (κ3) is 7.19. The van der Waals surface area contributed by atoms with Crippen LogP contribution < -0.4 is 18.9 Å². The molecule has 12 nitrogen and oxygen atoms in total. The van der Waals surface area contributed by atoms with Crippen LogP contribution in [0.25, 0.3) is 0 Å². The molecular weight excluding hydrogens is 552 g/mol. The van der Waals surface area contributed by atoms with E-state index in [1.54, 1.807) is 0 Å². The van der Waals surface area contributed by atoms with E-state index < -0.39 is 63.5 Å². The smallest absolute Gasteiger partial charge is 0.353 e. The fraction of sp³-hybridized carbons (Fsp3) is 0.333. The molecule has 2 aromatic carbocycles. The minimum atomic E-state index is -2.93. The molecule has 3 rings (SSSR count). The standard InChI is InChI=1S/C30H32O12/c1-28(2,3)40-17-9-7-16(8-10-17)39-23-21(25(33)34)20(24(31)32)15-30(27(37)38,22(23)26(35)36)42-19-13-11-18(12-14-19)41-29(4,5)6/h7-15,22H,1-6H3,(H,31,32)(H,33,34)(H,35,36)(H,37,38). The molecule has 12 heteroatoms. The minimum absolute atomic E-state index is 0.106. The lowest BCUT2D eigenvalue weighted by Gasteiger charge is -2.37. The SMILES string of the molecule is CC(C)(C)Oc1ccc(OC2=C(C(=O)O)C(C(=O)O)=CC(Oc3ccc(OC(C)(C)C)cc3)(C(=O)O)C2C(=O)O)cc1. The third-order valence-electron chi connectivity index (χ3n) is 5.60. The fourth-order valence-corrected chi connectivity index (χ4v) is 4.13. The van der Waals surface area contributed by atoms with Gasteiger partial charge in [0.2, 0.25) is 5.60 Å². The first-order chi connectivity index (χ1) is 19.3. The Balaban J connectivity index is 2.17. The van der Waals surface area contributed by atoms with Crippen LogP contribution in [0.15, 0.2) is 71.5 Å². The minimum Gasteiger partial charge on any atom is -0.488 e.